The summed E-state index contributed by atoms with van der Waals surface area (Å²) in [6.45, 7) is 9.37. The molecule has 1 aromatic heterocycles. The van der Waals surface area contributed by atoms with Gasteiger partial charge in [-0.1, -0.05) is 30.3 Å². The van der Waals surface area contributed by atoms with Gasteiger partial charge in [-0.15, -0.1) is 0 Å². The number of ether oxygens (including phenoxy) is 1. The molecule has 2 unspecified atom stereocenters. The third-order valence-electron chi connectivity index (χ3n) is 5.50. The Morgan fingerprint density at radius 2 is 2.04 bits per heavy atom. The number of aryl methyl sites for hydroxylation is 2. The van der Waals surface area contributed by atoms with E-state index < -0.39 is 0 Å². The van der Waals surface area contributed by atoms with Gasteiger partial charge in [0.15, 0.2) is 5.96 Å². The van der Waals surface area contributed by atoms with Gasteiger partial charge in [-0.25, -0.2) is 4.99 Å². The van der Waals surface area contributed by atoms with Gasteiger partial charge < -0.3 is 15.4 Å². The molecule has 0 saturated carbocycles. The summed E-state index contributed by atoms with van der Waals surface area (Å²) in [6, 6.07) is 10.5. The lowest BCUT2D eigenvalue weighted by atomic mass is 9.89. The summed E-state index contributed by atoms with van der Waals surface area (Å²) in [5, 5.41) is 11.4. The first-order valence-electron chi connectivity index (χ1n) is 10.3. The van der Waals surface area contributed by atoms with Gasteiger partial charge in [-0.2, -0.15) is 5.10 Å². The number of hydrogen-bond donors (Lipinski definition) is 2. The van der Waals surface area contributed by atoms with Crippen LogP contribution in [-0.4, -0.2) is 35.4 Å². The zero-order chi connectivity index (χ0) is 19.9. The van der Waals surface area contributed by atoms with Crippen LogP contribution < -0.4 is 10.6 Å². The van der Waals surface area contributed by atoms with Crippen molar-refractivity contribution in [3.8, 4) is 0 Å². The molecular weight excluding hydrogens is 350 g/mol. The topological polar surface area (TPSA) is 63.5 Å². The van der Waals surface area contributed by atoms with E-state index in [-0.39, 0.29) is 6.10 Å². The molecule has 2 heterocycles. The maximum atomic E-state index is 6.12. The highest BCUT2D eigenvalue weighted by Crippen LogP contribution is 2.33. The number of hydrogen-bond acceptors (Lipinski definition) is 3. The molecule has 3 rings (SSSR count). The molecular formula is C22H33N5O. The van der Waals surface area contributed by atoms with Crippen LogP contribution in [0.4, 0.5) is 0 Å². The molecule has 1 aliphatic heterocycles. The van der Waals surface area contributed by atoms with Crippen molar-refractivity contribution in [1.82, 2.24) is 20.4 Å². The van der Waals surface area contributed by atoms with Crippen LogP contribution >= 0.6 is 0 Å². The Balaban J connectivity index is 1.66. The fourth-order valence-electron chi connectivity index (χ4n) is 3.84. The number of nitrogens with one attached hydrogen (secondary N) is 2. The van der Waals surface area contributed by atoms with Gasteiger partial charge in [0, 0.05) is 43.9 Å². The van der Waals surface area contributed by atoms with E-state index >= 15 is 0 Å². The molecule has 152 valence electrons. The second kappa shape index (κ2) is 9.73. The van der Waals surface area contributed by atoms with Gasteiger partial charge in [0.1, 0.15) is 0 Å². The van der Waals surface area contributed by atoms with Crippen LogP contribution in [-0.2, 0) is 18.3 Å². The minimum Gasteiger partial charge on any atom is -0.373 e. The normalized spacial score (nSPS) is 20.2. The van der Waals surface area contributed by atoms with E-state index in [1.165, 1.54) is 16.8 Å². The molecule has 2 N–H and O–H groups in total. The minimum absolute atomic E-state index is 0.146. The van der Waals surface area contributed by atoms with Crippen molar-refractivity contribution in [2.75, 3.05) is 19.7 Å². The lowest BCUT2D eigenvalue weighted by molar-refractivity contribution is -0.0265. The molecule has 6 heteroatoms. The van der Waals surface area contributed by atoms with E-state index in [2.05, 4.69) is 59.9 Å². The second-order valence-corrected chi connectivity index (χ2v) is 7.45. The van der Waals surface area contributed by atoms with Crippen molar-refractivity contribution < 1.29 is 4.74 Å². The molecule has 1 aliphatic rings. The van der Waals surface area contributed by atoms with Gasteiger partial charge in [0.25, 0.3) is 0 Å². The number of guanidine groups is 1. The SMILES string of the molecule is CCNC(=NCc1c(C)nn(C)c1C)NCC1CCCOC1c1ccccc1. The first-order valence-corrected chi connectivity index (χ1v) is 10.3. The Bertz CT molecular complexity index is 784. The summed E-state index contributed by atoms with van der Waals surface area (Å²) < 4.78 is 8.04. The Labute approximate surface area is 168 Å². The van der Waals surface area contributed by atoms with E-state index in [1.807, 2.05) is 18.7 Å². The predicted octanol–water partition coefficient (Wildman–Crippen LogP) is 3.26. The van der Waals surface area contributed by atoms with Crippen LogP contribution in [0.1, 0.15) is 48.4 Å². The van der Waals surface area contributed by atoms with Crippen LogP contribution in [0.5, 0.6) is 0 Å². The molecule has 1 saturated heterocycles. The third-order valence-corrected chi connectivity index (χ3v) is 5.50. The van der Waals surface area contributed by atoms with Crippen molar-refractivity contribution in [3.63, 3.8) is 0 Å². The predicted molar refractivity (Wildman–Crippen MR) is 113 cm³/mol. The zero-order valence-electron chi connectivity index (χ0n) is 17.5. The molecule has 0 spiro atoms. The standard InChI is InChI=1S/C22H33N5O/c1-5-23-22(25-15-20-16(2)26-27(4)17(20)3)24-14-19-12-9-13-28-21(19)18-10-7-6-8-11-18/h6-8,10-11,19,21H,5,9,12-15H2,1-4H3,(H2,23,24,25). The quantitative estimate of drug-likeness (QED) is 0.594. The number of aliphatic imine (C=N–C) groups is 1. The minimum atomic E-state index is 0.146. The molecule has 1 fully saturated rings. The van der Waals surface area contributed by atoms with Crippen molar-refractivity contribution in [1.29, 1.82) is 0 Å². The third kappa shape index (κ3) is 4.93. The molecule has 2 atom stereocenters. The van der Waals surface area contributed by atoms with Crippen LogP contribution in [0, 0.1) is 19.8 Å². The lowest BCUT2D eigenvalue weighted by Crippen LogP contribution is -2.42. The summed E-state index contributed by atoms with van der Waals surface area (Å²) in [5.41, 5.74) is 4.67. The van der Waals surface area contributed by atoms with Gasteiger partial charge in [-0.05, 0) is 39.2 Å². The lowest BCUT2D eigenvalue weighted by Gasteiger charge is -2.32. The van der Waals surface area contributed by atoms with Crippen LogP contribution in [0.3, 0.4) is 0 Å². The van der Waals surface area contributed by atoms with E-state index in [9.17, 15) is 0 Å². The van der Waals surface area contributed by atoms with Gasteiger partial charge in [0.2, 0.25) is 0 Å². The smallest absolute Gasteiger partial charge is 0.191 e. The fraction of sp³-hybridized carbons (Fsp3) is 0.545. The highest BCUT2D eigenvalue weighted by atomic mass is 16.5. The Hall–Kier alpha value is -2.34. The summed E-state index contributed by atoms with van der Waals surface area (Å²) in [6.07, 6.45) is 2.41. The number of aromatic nitrogens is 2. The first kappa shape index (κ1) is 20.4. The van der Waals surface area contributed by atoms with Gasteiger partial charge >= 0.3 is 0 Å². The van der Waals surface area contributed by atoms with Crippen molar-refractivity contribution in [2.24, 2.45) is 18.0 Å². The van der Waals surface area contributed by atoms with Crippen LogP contribution in [0.15, 0.2) is 35.3 Å². The number of nitrogens with zero attached hydrogens (tertiary/aromatic N) is 3. The van der Waals surface area contributed by atoms with Crippen molar-refractivity contribution >= 4 is 5.96 Å². The average Bonchev–Trinajstić information content (AvgIpc) is 2.96. The molecule has 28 heavy (non-hydrogen) atoms. The van der Waals surface area contributed by atoms with E-state index in [1.54, 1.807) is 0 Å². The van der Waals surface area contributed by atoms with Crippen molar-refractivity contribution in [3.05, 3.63) is 52.8 Å². The average molecular weight is 384 g/mol. The van der Waals surface area contributed by atoms with E-state index in [0.29, 0.717) is 12.5 Å². The van der Waals surface area contributed by atoms with E-state index in [4.69, 9.17) is 9.73 Å². The summed E-state index contributed by atoms with van der Waals surface area (Å²) in [7, 11) is 1.98. The van der Waals surface area contributed by atoms with Crippen LogP contribution in [0.2, 0.25) is 0 Å². The molecule has 0 radical (unpaired) electrons. The summed E-state index contributed by atoms with van der Waals surface area (Å²) >= 11 is 0. The summed E-state index contributed by atoms with van der Waals surface area (Å²) in [4.78, 5) is 4.80. The fourth-order valence-corrected chi connectivity index (χ4v) is 3.84. The monoisotopic (exact) mass is 383 g/mol. The highest BCUT2D eigenvalue weighted by molar-refractivity contribution is 5.79. The molecule has 2 aromatic rings. The molecule has 0 bridgehead atoms. The summed E-state index contributed by atoms with van der Waals surface area (Å²) in [5.74, 6) is 1.28. The second-order valence-electron chi connectivity index (χ2n) is 7.45. The maximum Gasteiger partial charge on any atom is 0.191 e. The maximum absolute atomic E-state index is 6.12. The van der Waals surface area contributed by atoms with Gasteiger partial charge in [-0.3, -0.25) is 4.68 Å². The first-order chi connectivity index (χ1) is 13.6. The van der Waals surface area contributed by atoms with Crippen molar-refractivity contribution in [2.45, 2.75) is 46.3 Å². The zero-order valence-corrected chi connectivity index (χ0v) is 17.5. The van der Waals surface area contributed by atoms with Gasteiger partial charge in [0.05, 0.1) is 18.3 Å². The highest BCUT2D eigenvalue weighted by Gasteiger charge is 2.27. The molecule has 1 aromatic carbocycles. The van der Waals surface area contributed by atoms with Crippen LogP contribution in [0.25, 0.3) is 0 Å². The Morgan fingerprint density at radius 1 is 1.25 bits per heavy atom. The Morgan fingerprint density at radius 3 is 2.71 bits per heavy atom. The molecule has 6 nitrogen and oxygen atoms in total. The number of rotatable bonds is 6. The number of benzene rings is 1. The van der Waals surface area contributed by atoms with E-state index in [0.717, 1.165) is 44.2 Å². The Kier molecular flexibility index (Phi) is 7.09. The largest absolute Gasteiger partial charge is 0.373 e. The molecule has 0 amide bonds. The molecule has 0 aliphatic carbocycles.